The predicted molar refractivity (Wildman–Crippen MR) is 87.2 cm³/mol. The highest BCUT2D eigenvalue weighted by Gasteiger charge is 2.11. The van der Waals surface area contributed by atoms with E-state index < -0.39 is 0 Å². The van der Waals surface area contributed by atoms with Gasteiger partial charge >= 0.3 is 0 Å². The SMILES string of the molecule is COc1c(C)cc(Nc2cc(C)c(Br)cn2)c(C)c1C. The van der Waals surface area contributed by atoms with E-state index in [4.69, 9.17) is 4.74 Å². The van der Waals surface area contributed by atoms with Gasteiger partial charge in [0.15, 0.2) is 0 Å². The molecule has 3 nitrogen and oxygen atoms in total. The summed E-state index contributed by atoms with van der Waals surface area (Å²) in [7, 11) is 1.71. The third kappa shape index (κ3) is 2.80. The smallest absolute Gasteiger partial charge is 0.130 e. The topological polar surface area (TPSA) is 34.1 Å². The van der Waals surface area contributed by atoms with Crippen molar-refractivity contribution in [3.8, 4) is 5.75 Å². The van der Waals surface area contributed by atoms with E-state index in [1.165, 1.54) is 5.56 Å². The van der Waals surface area contributed by atoms with Gasteiger partial charge in [0.25, 0.3) is 0 Å². The Bertz CT molecular complexity index is 653. The zero-order chi connectivity index (χ0) is 14.9. The molecule has 106 valence electrons. The summed E-state index contributed by atoms with van der Waals surface area (Å²) < 4.78 is 6.46. The molecule has 20 heavy (non-hydrogen) atoms. The Labute approximate surface area is 128 Å². The van der Waals surface area contributed by atoms with E-state index in [9.17, 15) is 0 Å². The lowest BCUT2D eigenvalue weighted by atomic mass is 10.0. The fourth-order valence-electron chi connectivity index (χ4n) is 2.25. The van der Waals surface area contributed by atoms with Crippen LogP contribution >= 0.6 is 15.9 Å². The number of aromatic nitrogens is 1. The summed E-state index contributed by atoms with van der Waals surface area (Å²) in [5.41, 5.74) is 5.67. The van der Waals surface area contributed by atoms with Crippen LogP contribution < -0.4 is 10.1 Å². The molecule has 0 saturated heterocycles. The maximum Gasteiger partial charge on any atom is 0.130 e. The van der Waals surface area contributed by atoms with Crippen LogP contribution in [0.3, 0.4) is 0 Å². The number of nitrogens with one attached hydrogen (secondary N) is 1. The molecule has 0 aliphatic heterocycles. The van der Waals surface area contributed by atoms with Gasteiger partial charge in [0, 0.05) is 16.4 Å². The van der Waals surface area contributed by atoms with E-state index in [1.54, 1.807) is 7.11 Å². The number of hydrogen-bond donors (Lipinski definition) is 1. The van der Waals surface area contributed by atoms with Crippen molar-refractivity contribution in [3.63, 3.8) is 0 Å². The zero-order valence-electron chi connectivity index (χ0n) is 12.5. The van der Waals surface area contributed by atoms with E-state index in [1.807, 2.05) is 19.2 Å². The summed E-state index contributed by atoms with van der Waals surface area (Å²) in [6.07, 6.45) is 1.82. The summed E-state index contributed by atoms with van der Waals surface area (Å²) in [6, 6.07) is 4.12. The molecule has 0 aliphatic rings. The molecule has 0 radical (unpaired) electrons. The second-order valence-corrected chi connectivity index (χ2v) is 5.82. The lowest BCUT2D eigenvalue weighted by Gasteiger charge is -2.17. The van der Waals surface area contributed by atoms with Gasteiger partial charge in [-0.3, -0.25) is 0 Å². The summed E-state index contributed by atoms with van der Waals surface area (Å²) in [6.45, 7) is 8.27. The molecule has 0 atom stereocenters. The minimum Gasteiger partial charge on any atom is -0.496 e. The Morgan fingerprint density at radius 1 is 1.05 bits per heavy atom. The van der Waals surface area contributed by atoms with E-state index in [-0.39, 0.29) is 0 Å². The van der Waals surface area contributed by atoms with Gasteiger partial charge in [0.2, 0.25) is 0 Å². The van der Waals surface area contributed by atoms with Gasteiger partial charge in [-0.25, -0.2) is 4.98 Å². The van der Waals surface area contributed by atoms with Crippen LogP contribution in [0.15, 0.2) is 22.8 Å². The van der Waals surface area contributed by atoms with Gasteiger partial charge in [0.05, 0.1) is 7.11 Å². The quantitative estimate of drug-likeness (QED) is 0.872. The summed E-state index contributed by atoms with van der Waals surface area (Å²) >= 11 is 3.46. The van der Waals surface area contributed by atoms with Crippen LogP contribution in [0.5, 0.6) is 5.75 Å². The first-order valence-electron chi connectivity index (χ1n) is 6.48. The second-order valence-electron chi connectivity index (χ2n) is 4.97. The maximum absolute atomic E-state index is 5.45. The molecule has 0 saturated carbocycles. The third-order valence-electron chi connectivity index (χ3n) is 3.54. The minimum atomic E-state index is 0.845. The van der Waals surface area contributed by atoms with Crippen molar-refractivity contribution >= 4 is 27.4 Å². The number of anilines is 2. The molecule has 1 aromatic heterocycles. The van der Waals surface area contributed by atoms with Crippen LogP contribution in [-0.2, 0) is 0 Å². The summed E-state index contributed by atoms with van der Waals surface area (Å²) in [5, 5.41) is 3.39. The molecule has 0 bridgehead atoms. The van der Waals surface area contributed by atoms with E-state index >= 15 is 0 Å². The molecule has 0 fully saturated rings. The van der Waals surface area contributed by atoms with Crippen LogP contribution in [0.4, 0.5) is 11.5 Å². The Morgan fingerprint density at radius 3 is 2.35 bits per heavy atom. The first-order chi connectivity index (χ1) is 9.43. The van der Waals surface area contributed by atoms with Crippen LogP contribution in [0.1, 0.15) is 22.3 Å². The Hall–Kier alpha value is -1.55. The molecule has 0 unspecified atom stereocenters. The van der Waals surface area contributed by atoms with Crippen molar-refractivity contribution in [1.82, 2.24) is 4.98 Å². The standard InChI is InChI=1S/C16H19BrN2O/c1-9-7-15(18-8-13(9)17)19-14-6-10(2)16(20-5)12(4)11(14)3/h6-8H,1-5H3,(H,18,19). The number of aryl methyl sites for hydroxylation is 2. The molecule has 0 amide bonds. The van der Waals surface area contributed by atoms with Gasteiger partial charge in [-0.2, -0.15) is 0 Å². The molecule has 0 aliphatic carbocycles. The van der Waals surface area contributed by atoms with Gasteiger partial charge in [-0.15, -0.1) is 0 Å². The Morgan fingerprint density at radius 2 is 1.75 bits per heavy atom. The fraction of sp³-hybridized carbons (Fsp3) is 0.312. The van der Waals surface area contributed by atoms with Crippen molar-refractivity contribution in [2.45, 2.75) is 27.7 Å². The molecule has 1 N–H and O–H groups in total. The predicted octanol–water partition coefficient (Wildman–Crippen LogP) is 4.83. The average Bonchev–Trinajstić information content (AvgIpc) is 2.40. The normalized spacial score (nSPS) is 10.5. The third-order valence-corrected chi connectivity index (χ3v) is 4.37. The minimum absolute atomic E-state index is 0.845. The first kappa shape index (κ1) is 14.9. The van der Waals surface area contributed by atoms with Gasteiger partial charge in [-0.1, -0.05) is 0 Å². The molecule has 4 heteroatoms. The number of pyridine rings is 1. The van der Waals surface area contributed by atoms with Crippen molar-refractivity contribution in [1.29, 1.82) is 0 Å². The van der Waals surface area contributed by atoms with Gasteiger partial charge < -0.3 is 10.1 Å². The van der Waals surface area contributed by atoms with E-state index in [0.29, 0.717) is 0 Å². The van der Waals surface area contributed by atoms with Crippen molar-refractivity contribution in [2.24, 2.45) is 0 Å². The highest BCUT2D eigenvalue weighted by molar-refractivity contribution is 9.10. The number of nitrogens with zero attached hydrogens (tertiary/aromatic N) is 1. The number of benzene rings is 1. The molecule has 1 heterocycles. The van der Waals surface area contributed by atoms with Crippen LogP contribution in [0.2, 0.25) is 0 Å². The molecule has 0 spiro atoms. The highest BCUT2D eigenvalue weighted by atomic mass is 79.9. The summed E-state index contributed by atoms with van der Waals surface area (Å²) in [5.74, 6) is 1.80. The van der Waals surface area contributed by atoms with Crippen molar-refractivity contribution < 1.29 is 4.74 Å². The monoisotopic (exact) mass is 334 g/mol. The molecule has 2 aromatic rings. The molecular weight excluding hydrogens is 316 g/mol. The van der Waals surface area contributed by atoms with E-state index in [2.05, 4.69) is 53.1 Å². The lowest BCUT2D eigenvalue weighted by molar-refractivity contribution is 0.408. The number of ether oxygens (including phenoxy) is 1. The number of hydrogen-bond acceptors (Lipinski definition) is 3. The number of rotatable bonds is 3. The van der Waals surface area contributed by atoms with E-state index in [0.717, 1.165) is 38.4 Å². The molecule has 1 aromatic carbocycles. The highest BCUT2D eigenvalue weighted by Crippen LogP contribution is 2.33. The van der Waals surface area contributed by atoms with Crippen molar-refractivity contribution in [3.05, 3.63) is 45.1 Å². The van der Waals surface area contributed by atoms with Crippen LogP contribution in [0, 0.1) is 27.7 Å². The largest absolute Gasteiger partial charge is 0.496 e. The Balaban J connectivity index is 2.41. The second kappa shape index (κ2) is 5.83. The number of methoxy groups -OCH3 is 1. The maximum atomic E-state index is 5.45. The van der Waals surface area contributed by atoms with Crippen LogP contribution in [0.25, 0.3) is 0 Å². The number of halogens is 1. The lowest BCUT2D eigenvalue weighted by Crippen LogP contribution is -2.01. The van der Waals surface area contributed by atoms with Gasteiger partial charge in [0.1, 0.15) is 11.6 Å². The molecular formula is C16H19BrN2O. The Kier molecular flexibility index (Phi) is 4.33. The van der Waals surface area contributed by atoms with Gasteiger partial charge in [-0.05, 0) is 78.0 Å². The first-order valence-corrected chi connectivity index (χ1v) is 7.27. The van der Waals surface area contributed by atoms with Crippen LogP contribution in [-0.4, -0.2) is 12.1 Å². The van der Waals surface area contributed by atoms with Crippen molar-refractivity contribution in [2.75, 3.05) is 12.4 Å². The zero-order valence-corrected chi connectivity index (χ0v) is 14.1. The fourth-order valence-corrected chi connectivity index (χ4v) is 2.46. The summed E-state index contributed by atoms with van der Waals surface area (Å²) in [4.78, 5) is 4.39. The molecule has 2 rings (SSSR count). The average molecular weight is 335 g/mol.